The Bertz CT molecular complexity index is 1100. The van der Waals surface area contributed by atoms with Crippen molar-refractivity contribution in [3.05, 3.63) is 54.6 Å². The van der Waals surface area contributed by atoms with Crippen molar-refractivity contribution in [3.8, 4) is 11.1 Å². The highest BCUT2D eigenvalue weighted by Crippen LogP contribution is 2.28. The smallest absolute Gasteiger partial charge is 0.325 e. The number of rotatable bonds is 11. The molecule has 0 bridgehead atoms. The molecule has 2 aromatic carbocycles. The molecule has 0 aliphatic heterocycles. The SMILES string of the molecule is CCOC(=O)CN(C(=O)[C@H](CC(=O)O)NS(=O)(=O)c1ccc(-c2ccccc2)cc1)C1CC1. The van der Waals surface area contributed by atoms with E-state index in [-0.39, 0.29) is 24.1 Å². The minimum Gasteiger partial charge on any atom is -0.481 e. The Kier molecular flexibility index (Phi) is 7.83. The molecule has 176 valence electrons. The number of nitrogens with one attached hydrogen (secondary N) is 1. The van der Waals surface area contributed by atoms with Crippen molar-refractivity contribution in [2.75, 3.05) is 13.2 Å². The fraction of sp³-hybridized carbons (Fsp3) is 0.348. The molecule has 3 rings (SSSR count). The second kappa shape index (κ2) is 10.6. The van der Waals surface area contributed by atoms with Crippen LogP contribution in [-0.4, -0.2) is 61.5 Å². The van der Waals surface area contributed by atoms with Gasteiger partial charge in [0, 0.05) is 6.04 Å². The maximum absolute atomic E-state index is 13.1. The van der Waals surface area contributed by atoms with Crippen molar-refractivity contribution >= 4 is 27.9 Å². The van der Waals surface area contributed by atoms with Crippen LogP contribution in [0.5, 0.6) is 0 Å². The third kappa shape index (κ3) is 6.62. The molecule has 0 heterocycles. The van der Waals surface area contributed by atoms with Crippen LogP contribution in [0.3, 0.4) is 0 Å². The van der Waals surface area contributed by atoms with Crippen molar-refractivity contribution < 1.29 is 32.6 Å². The molecule has 0 radical (unpaired) electrons. The predicted octanol–water partition coefficient (Wildman–Crippen LogP) is 2.03. The fourth-order valence-corrected chi connectivity index (χ4v) is 4.57. The van der Waals surface area contributed by atoms with Gasteiger partial charge in [0.05, 0.1) is 17.9 Å². The number of benzene rings is 2. The van der Waals surface area contributed by atoms with Crippen molar-refractivity contribution in [1.29, 1.82) is 0 Å². The van der Waals surface area contributed by atoms with E-state index in [4.69, 9.17) is 4.74 Å². The number of ether oxygens (including phenoxy) is 1. The number of amides is 1. The number of carboxylic acid groups (broad SMARTS) is 1. The molecular weight excluding hydrogens is 448 g/mol. The van der Waals surface area contributed by atoms with Gasteiger partial charge in [0.2, 0.25) is 15.9 Å². The first-order valence-corrected chi connectivity index (χ1v) is 12.0. The zero-order chi connectivity index (χ0) is 24.0. The molecule has 1 fully saturated rings. The highest BCUT2D eigenvalue weighted by atomic mass is 32.2. The third-order valence-electron chi connectivity index (χ3n) is 5.12. The lowest BCUT2D eigenvalue weighted by Crippen LogP contribution is -2.51. The predicted molar refractivity (Wildman–Crippen MR) is 120 cm³/mol. The summed E-state index contributed by atoms with van der Waals surface area (Å²) in [7, 11) is -4.20. The first-order chi connectivity index (χ1) is 15.7. The molecule has 0 saturated heterocycles. The standard InChI is InChI=1S/C23H26N2O7S/c1-2-32-22(28)15-25(18-10-11-18)23(29)20(14-21(26)27)24-33(30,31)19-12-8-17(9-13-19)16-6-4-3-5-7-16/h3-9,12-13,18,20,24H,2,10-11,14-15H2,1H3,(H,26,27)/t20-/m0/s1. The Balaban J connectivity index is 1.80. The number of esters is 1. The normalized spacial score (nSPS) is 14.3. The van der Waals surface area contributed by atoms with Crippen LogP contribution in [0.2, 0.25) is 0 Å². The monoisotopic (exact) mass is 474 g/mol. The Hall–Kier alpha value is -3.24. The number of carbonyl (C=O) groups is 3. The molecule has 1 aliphatic carbocycles. The van der Waals surface area contributed by atoms with Crippen molar-refractivity contribution in [2.45, 2.75) is 43.2 Å². The van der Waals surface area contributed by atoms with E-state index in [1.165, 1.54) is 17.0 Å². The average molecular weight is 475 g/mol. The zero-order valence-corrected chi connectivity index (χ0v) is 19.0. The number of nitrogens with zero attached hydrogens (tertiary/aromatic N) is 1. The van der Waals surface area contributed by atoms with E-state index >= 15 is 0 Å². The van der Waals surface area contributed by atoms with Gasteiger partial charge in [0.15, 0.2) is 0 Å². The molecule has 1 atom stereocenters. The Labute approximate surface area is 192 Å². The molecule has 2 aromatic rings. The van der Waals surface area contributed by atoms with Gasteiger partial charge in [-0.2, -0.15) is 4.72 Å². The van der Waals surface area contributed by atoms with Gasteiger partial charge in [-0.3, -0.25) is 14.4 Å². The molecule has 1 aliphatic rings. The van der Waals surface area contributed by atoms with Crippen LogP contribution in [0.1, 0.15) is 26.2 Å². The second-order valence-electron chi connectivity index (χ2n) is 7.66. The summed E-state index contributed by atoms with van der Waals surface area (Å²) in [5.74, 6) is -2.74. The average Bonchev–Trinajstić information content (AvgIpc) is 3.62. The van der Waals surface area contributed by atoms with Crippen LogP contribution in [-0.2, 0) is 29.1 Å². The molecule has 0 spiro atoms. The number of hydrogen-bond donors (Lipinski definition) is 2. The zero-order valence-electron chi connectivity index (χ0n) is 18.1. The number of sulfonamides is 1. The van der Waals surface area contributed by atoms with Gasteiger partial charge >= 0.3 is 11.9 Å². The molecule has 0 aromatic heterocycles. The maximum atomic E-state index is 13.1. The van der Waals surface area contributed by atoms with Crippen LogP contribution in [0, 0.1) is 0 Å². The number of hydrogen-bond acceptors (Lipinski definition) is 6. The van der Waals surface area contributed by atoms with Gasteiger partial charge in [-0.05, 0) is 43.0 Å². The summed E-state index contributed by atoms with van der Waals surface area (Å²) in [6, 6.07) is 13.6. The topological polar surface area (TPSA) is 130 Å². The molecule has 9 nitrogen and oxygen atoms in total. The van der Waals surface area contributed by atoms with Crippen LogP contribution in [0.25, 0.3) is 11.1 Å². The van der Waals surface area contributed by atoms with E-state index in [0.717, 1.165) is 11.1 Å². The minimum absolute atomic E-state index is 0.103. The molecule has 33 heavy (non-hydrogen) atoms. The van der Waals surface area contributed by atoms with Gasteiger partial charge in [0.25, 0.3) is 0 Å². The van der Waals surface area contributed by atoms with Crippen LogP contribution >= 0.6 is 0 Å². The summed E-state index contributed by atoms with van der Waals surface area (Å²) in [6.45, 7) is 1.41. The highest BCUT2D eigenvalue weighted by Gasteiger charge is 2.39. The van der Waals surface area contributed by atoms with Gasteiger partial charge in [-0.25, -0.2) is 8.42 Å². The second-order valence-corrected chi connectivity index (χ2v) is 9.38. The van der Waals surface area contributed by atoms with E-state index < -0.39 is 40.3 Å². The molecule has 1 amide bonds. The molecule has 1 saturated carbocycles. The summed E-state index contributed by atoms with van der Waals surface area (Å²) in [5.41, 5.74) is 1.72. The molecule has 10 heteroatoms. The number of carbonyl (C=O) groups excluding carboxylic acids is 2. The first kappa shape index (κ1) is 24.4. The quantitative estimate of drug-likeness (QED) is 0.477. The van der Waals surface area contributed by atoms with Crippen LogP contribution < -0.4 is 4.72 Å². The van der Waals surface area contributed by atoms with Crippen molar-refractivity contribution in [1.82, 2.24) is 9.62 Å². The van der Waals surface area contributed by atoms with Crippen molar-refractivity contribution in [3.63, 3.8) is 0 Å². The van der Waals surface area contributed by atoms with Gasteiger partial charge in [0.1, 0.15) is 12.6 Å². The summed E-state index contributed by atoms with van der Waals surface area (Å²) < 4.78 is 33.0. The highest BCUT2D eigenvalue weighted by molar-refractivity contribution is 7.89. The van der Waals surface area contributed by atoms with Crippen LogP contribution in [0.4, 0.5) is 0 Å². The Morgan fingerprint density at radius 3 is 2.21 bits per heavy atom. The molecular formula is C23H26N2O7S. The largest absolute Gasteiger partial charge is 0.481 e. The third-order valence-corrected chi connectivity index (χ3v) is 6.61. The lowest BCUT2D eigenvalue weighted by Gasteiger charge is -2.26. The fourth-order valence-electron chi connectivity index (χ4n) is 3.39. The number of aliphatic carboxylic acids is 1. The van der Waals surface area contributed by atoms with E-state index in [1.54, 1.807) is 19.1 Å². The lowest BCUT2D eigenvalue weighted by molar-refractivity contribution is -0.150. The van der Waals surface area contributed by atoms with E-state index in [2.05, 4.69) is 4.72 Å². The number of carboxylic acids is 1. The Morgan fingerprint density at radius 1 is 1.06 bits per heavy atom. The van der Waals surface area contributed by atoms with E-state index in [0.29, 0.717) is 12.8 Å². The maximum Gasteiger partial charge on any atom is 0.325 e. The van der Waals surface area contributed by atoms with Gasteiger partial charge in [-0.15, -0.1) is 0 Å². The summed E-state index contributed by atoms with van der Waals surface area (Å²) in [4.78, 5) is 37.5. The lowest BCUT2D eigenvalue weighted by atomic mass is 10.1. The van der Waals surface area contributed by atoms with E-state index in [1.807, 2.05) is 30.3 Å². The summed E-state index contributed by atoms with van der Waals surface area (Å²) >= 11 is 0. The van der Waals surface area contributed by atoms with Gasteiger partial charge < -0.3 is 14.7 Å². The first-order valence-electron chi connectivity index (χ1n) is 10.6. The Morgan fingerprint density at radius 2 is 1.67 bits per heavy atom. The minimum atomic E-state index is -4.20. The summed E-state index contributed by atoms with van der Waals surface area (Å²) in [6.07, 6.45) is 0.545. The molecule has 0 unspecified atom stereocenters. The summed E-state index contributed by atoms with van der Waals surface area (Å²) in [5, 5.41) is 9.27. The molecule has 2 N–H and O–H groups in total. The van der Waals surface area contributed by atoms with E-state index in [9.17, 15) is 27.9 Å². The van der Waals surface area contributed by atoms with Gasteiger partial charge in [-0.1, -0.05) is 42.5 Å². The van der Waals surface area contributed by atoms with Crippen molar-refractivity contribution in [2.24, 2.45) is 0 Å². The van der Waals surface area contributed by atoms with Crippen LogP contribution in [0.15, 0.2) is 59.5 Å².